The summed E-state index contributed by atoms with van der Waals surface area (Å²) in [6.07, 6.45) is 4.60. The van der Waals surface area contributed by atoms with Gasteiger partial charge in [0.1, 0.15) is 5.76 Å². The van der Waals surface area contributed by atoms with E-state index in [0.717, 1.165) is 36.2 Å². The van der Waals surface area contributed by atoms with Gasteiger partial charge in [-0.2, -0.15) is 0 Å². The molecule has 5 heteroatoms. The zero-order valence-corrected chi connectivity index (χ0v) is 16.1. The molecule has 2 rings (SSSR count). The number of aliphatic hydroxyl groups excluding tert-OH is 1. The van der Waals surface area contributed by atoms with Gasteiger partial charge in [0.05, 0.1) is 20.3 Å². The lowest BCUT2D eigenvalue weighted by atomic mass is 9.94. The smallest absolute Gasteiger partial charge is 0.217 e. The lowest BCUT2D eigenvalue weighted by molar-refractivity contribution is 0.145. The van der Waals surface area contributed by atoms with Crippen LogP contribution in [-0.2, 0) is 10.5 Å². The average molecular weight is 362 g/mol. The largest absolute Gasteiger partial charge is 0.508 e. The molecule has 4 nitrogen and oxygen atoms in total. The second kappa shape index (κ2) is 9.68. The Balaban J connectivity index is 2.32. The Morgan fingerprint density at radius 3 is 2.92 bits per heavy atom. The summed E-state index contributed by atoms with van der Waals surface area (Å²) in [5.74, 6) is 1.61. The number of aliphatic hydroxyl groups is 1. The van der Waals surface area contributed by atoms with Crippen molar-refractivity contribution in [2.75, 3.05) is 20.3 Å². The molecule has 0 bridgehead atoms. The molecule has 0 unspecified atom stereocenters. The maximum Gasteiger partial charge on any atom is 0.217 e. The van der Waals surface area contributed by atoms with E-state index < -0.39 is 0 Å². The van der Waals surface area contributed by atoms with Crippen LogP contribution in [0.5, 0.6) is 5.88 Å². The fourth-order valence-electron chi connectivity index (χ4n) is 2.84. The Morgan fingerprint density at radius 1 is 1.44 bits per heavy atom. The summed E-state index contributed by atoms with van der Waals surface area (Å²) in [6, 6.07) is 3.97. The normalized spacial score (nSPS) is 18.7. The van der Waals surface area contributed by atoms with E-state index in [4.69, 9.17) is 9.47 Å². The van der Waals surface area contributed by atoms with Crippen molar-refractivity contribution in [3.8, 4) is 5.88 Å². The van der Waals surface area contributed by atoms with Crippen LogP contribution in [-0.4, -0.2) is 30.4 Å². The molecule has 1 aromatic rings. The summed E-state index contributed by atoms with van der Waals surface area (Å²) < 4.78 is 11.1. The predicted octanol–water partition coefficient (Wildman–Crippen LogP) is 5.19. The molecule has 0 aromatic carbocycles. The van der Waals surface area contributed by atoms with Crippen LogP contribution >= 0.6 is 11.8 Å². The maximum atomic E-state index is 9.83. The first-order valence-corrected chi connectivity index (χ1v) is 9.55. The molecule has 1 aromatic heterocycles. The van der Waals surface area contributed by atoms with E-state index in [1.54, 1.807) is 25.1 Å². The van der Waals surface area contributed by atoms with Crippen LogP contribution < -0.4 is 4.74 Å². The number of methoxy groups -OCH3 is 1. The van der Waals surface area contributed by atoms with E-state index in [0.29, 0.717) is 19.1 Å². The number of aromatic nitrogens is 1. The zero-order chi connectivity index (χ0) is 18.2. The Morgan fingerprint density at radius 2 is 2.24 bits per heavy atom. The van der Waals surface area contributed by atoms with Gasteiger partial charge in [-0.3, -0.25) is 0 Å². The molecule has 0 amide bonds. The highest BCUT2D eigenvalue weighted by molar-refractivity contribution is 8.02. The number of ether oxygens (including phenoxy) is 2. The van der Waals surface area contributed by atoms with Gasteiger partial charge in [0.2, 0.25) is 5.88 Å². The van der Waals surface area contributed by atoms with E-state index in [-0.39, 0.29) is 5.76 Å². The maximum absolute atomic E-state index is 9.83. The van der Waals surface area contributed by atoms with Crippen molar-refractivity contribution in [3.05, 3.63) is 57.9 Å². The Bertz CT molecular complexity index is 679. The highest BCUT2D eigenvalue weighted by Gasteiger charge is 2.20. The van der Waals surface area contributed by atoms with Crippen LogP contribution in [0.4, 0.5) is 0 Å². The van der Waals surface area contributed by atoms with Gasteiger partial charge < -0.3 is 14.6 Å². The molecule has 1 aliphatic heterocycles. The third-order valence-electron chi connectivity index (χ3n) is 4.25. The molecule has 0 radical (unpaired) electrons. The zero-order valence-electron chi connectivity index (χ0n) is 15.3. The third kappa shape index (κ3) is 5.13. The van der Waals surface area contributed by atoms with Gasteiger partial charge >= 0.3 is 0 Å². The number of nitrogens with zero attached hydrogens (tertiary/aromatic N) is 1. The monoisotopic (exact) mass is 361 g/mol. The molecule has 1 aliphatic rings. The van der Waals surface area contributed by atoms with Gasteiger partial charge in [-0.15, -0.1) is 11.8 Å². The van der Waals surface area contributed by atoms with E-state index in [9.17, 15) is 5.11 Å². The van der Waals surface area contributed by atoms with Gasteiger partial charge in [-0.25, -0.2) is 4.98 Å². The molecule has 0 aliphatic carbocycles. The molecule has 1 N–H and O–H groups in total. The molecule has 136 valence electrons. The van der Waals surface area contributed by atoms with Crippen molar-refractivity contribution in [2.24, 2.45) is 0 Å². The topological polar surface area (TPSA) is 51.6 Å². The predicted molar refractivity (Wildman–Crippen MR) is 104 cm³/mol. The lowest BCUT2D eigenvalue weighted by Gasteiger charge is -2.25. The average Bonchev–Trinajstić information content (AvgIpc) is 2.64. The highest BCUT2D eigenvalue weighted by Crippen LogP contribution is 2.37. The first-order valence-electron chi connectivity index (χ1n) is 8.57. The minimum Gasteiger partial charge on any atom is -0.508 e. The van der Waals surface area contributed by atoms with Gasteiger partial charge in [0.25, 0.3) is 0 Å². The minimum absolute atomic E-state index is 0.143. The van der Waals surface area contributed by atoms with Crippen molar-refractivity contribution >= 4 is 11.8 Å². The molecule has 0 atom stereocenters. The van der Waals surface area contributed by atoms with E-state index in [1.165, 1.54) is 16.1 Å². The van der Waals surface area contributed by atoms with Gasteiger partial charge in [-0.1, -0.05) is 26.0 Å². The molecule has 1 fully saturated rings. The summed E-state index contributed by atoms with van der Waals surface area (Å²) in [7, 11) is 1.65. The summed E-state index contributed by atoms with van der Waals surface area (Å²) in [5, 5.41) is 9.83. The fourth-order valence-corrected chi connectivity index (χ4v) is 4.10. The van der Waals surface area contributed by atoms with E-state index in [1.807, 2.05) is 19.1 Å². The summed E-state index contributed by atoms with van der Waals surface area (Å²) in [6.45, 7) is 9.07. The SMILES string of the molecule is C=C(O)/C(C)=C1/CCOC/C1=C(/CCC)SCc1cccnc1OC. The Hall–Kier alpha value is -1.72. The van der Waals surface area contributed by atoms with Crippen molar-refractivity contribution < 1.29 is 14.6 Å². The molecular weight excluding hydrogens is 334 g/mol. The standard InChI is InChI=1S/C20H27NO3S/c1-5-7-19(25-13-16-8-6-10-21-20(16)23-4)18-12-24-11-9-17(18)14(2)15(3)22/h6,8,10,22H,3,5,7,9,11-13H2,1-2,4H3/b17-14-,19-18+. The second-order valence-corrected chi connectivity index (χ2v) is 7.04. The summed E-state index contributed by atoms with van der Waals surface area (Å²) >= 11 is 1.80. The molecule has 1 saturated heterocycles. The Kier molecular flexibility index (Phi) is 7.59. The van der Waals surface area contributed by atoms with Crippen molar-refractivity contribution in [1.82, 2.24) is 4.98 Å². The van der Waals surface area contributed by atoms with Gasteiger partial charge in [-0.05, 0) is 47.5 Å². The van der Waals surface area contributed by atoms with Crippen LogP contribution in [0.3, 0.4) is 0 Å². The van der Waals surface area contributed by atoms with Crippen LogP contribution in [0.25, 0.3) is 0 Å². The van der Waals surface area contributed by atoms with Gasteiger partial charge in [0, 0.05) is 17.5 Å². The third-order valence-corrected chi connectivity index (χ3v) is 5.51. The number of allylic oxidation sites excluding steroid dienone is 2. The quantitative estimate of drug-likeness (QED) is 0.678. The van der Waals surface area contributed by atoms with E-state index in [2.05, 4.69) is 18.5 Å². The van der Waals surface area contributed by atoms with Crippen molar-refractivity contribution in [1.29, 1.82) is 0 Å². The first-order chi connectivity index (χ1) is 12.1. The lowest BCUT2D eigenvalue weighted by Crippen LogP contribution is -2.15. The first kappa shape index (κ1) is 19.6. The molecule has 0 saturated carbocycles. The summed E-state index contributed by atoms with van der Waals surface area (Å²) in [4.78, 5) is 5.58. The van der Waals surface area contributed by atoms with Crippen LogP contribution in [0.1, 0.15) is 38.7 Å². The number of rotatable bonds is 7. The van der Waals surface area contributed by atoms with Crippen LogP contribution in [0.15, 0.2) is 52.3 Å². The summed E-state index contributed by atoms with van der Waals surface area (Å²) in [5.41, 5.74) is 4.32. The minimum atomic E-state index is 0.143. The molecule has 2 heterocycles. The Labute approximate surface area is 154 Å². The second-order valence-electron chi connectivity index (χ2n) is 5.97. The van der Waals surface area contributed by atoms with Crippen molar-refractivity contribution in [2.45, 2.75) is 38.9 Å². The fraction of sp³-hybridized carbons (Fsp3) is 0.450. The number of thioether (sulfide) groups is 1. The molecule has 25 heavy (non-hydrogen) atoms. The number of pyridine rings is 1. The van der Waals surface area contributed by atoms with Crippen LogP contribution in [0.2, 0.25) is 0 Å². The van der Waals surface area contributed by atoms with Gasteiger partial charge in [0.15, 0.2) is 0 Å². The highest BCUT2D eigenvalue weighted by atomic mass is 32.2. The number of hydrogen-bond acceptors (Lipinski definition) is 5. The molecule has 0 spiro atoms. The van der Waals surface area contributed by atoms with Crippen molar-refractivity contribution in [3.63, 3.8) is 0 Å². The van der Waals surface area contributed by atoms with Crippen LogP contribution in [0, 0.1) is 0 Å². The molecular formula is C20H27NO3S. The van der Waals surface area contributed by atoms with E-state index >= 15 is 0 Å². The number of hydrogen-bond donors (Lipinski definition) is 1.